The molecule has 2 heterocycles. The molecule has 1 fully saturated rings. The number of piperazine rings is 1. The first-order valence-electron chi connectivity index (χ1n) is 7.53. The van der Waals surface area contributed by atoms with E-state index >= 15 is 0 Å². The summed E-state index contributed by atoms with van der Waals surface area (Å²) in [7, 11) is 0. The monoisotopic (exact) mass is 282 g/mol. The van der Waals surface area contributed by atoms with Crippen LogP contribution in [-0.2, 0) is 6.54 Å². The quantitative estimate of drug-likeness (QED) is 0.865. The maximum atomic E-state index is 4.19. The number of aromatic nitrogens is 2. The van der Waals surface area contributed by atoms with Crippen LogP contribution < -0.4 is 4.90 Å². The van der Waals surface area contributed by atoms with Gasteiger partial charge in [-0.05, 0) is 42.7 Å². The Bertz CT molecular complexity index is 589. The Labute approximate surface area is 126 Å². The first-order valence-corrected chi connectivity index (χ1v) is 7.53. The van der Waals surface area contributed by atoms with Gasteiger partial charge in [0.2, 0.25) is 0 Å². The summed E-state index contributed by atoms with van der Waals surface area (Å²) in [6.45, 7) is 9.57. The van der Waals surface area contributed by atoms with Crippen LogP contribution in [0.2, 0.25) is 0 Å². The maximum absolute atomic E-state index is 4.19. The summed E-state index contributed by atoms with van der Waals surface area (Å²) in [5, 5.41) is 8.15. The van der Waals surface area contributed by atoms with Crippen LogP contribution in [-0.4, -0.2) is 41.3 Å². The number of benzene rings is 1. The van der Waals surface area contributed by atoms with Gasteiger partial charge in [-0.25, -0.2) is 0 Å². The lowest BCUT2D eigenvalue weighted by Gasteiger charge is -2.35. The molecule has 3 rings (SSSR count). The molecule has 2 aromatic rings. The molecule has 0 amide bonds. The standard InChI is InChI=1S/C17H22N4/c1-14-5-6-16(12-15(14)2)13-20-8-10-21(11-9-20)17-4-3-7-18-19-17/h3-7,12H,8-11,13H2,1-2H3. The molecule has 1 aliphatic rings. The zero-order valence-electron chi connectivity index (χ0n) is 12.8. The van der Waals surface area contributed by atoms with Crippen LogP contribution in [0.3, 0.4) is 0 Å². The minimum Gasteiger partial charge on any atom is -0.353 e. The number of aryl methyl sites for hydroxylation is 2. The molecule has 4 nitrogen and oxygen atoms in total. The molecule has 0 aliphatic carbocycles. The van der Waals surface area contributed by atoms with E-state index in [4.69, 9.17) is 0 Å². The van der Waals surface area contributed by atoms with Gasteiger partial charge in [0.25, 0.3) is 0 Å². The van der Waals surface area contributed by atoms with Gasteiger partial charge in [0, 0.05) is 38.9 Å². The Morgan fingerprint density at radius 2 is 1.81 bits per heavy atom. The lowest BCUT2D eigenvalue weighted by molar-refractivity contribution is 0.249. The highest BCUT2D eigenvalue weighted by Crippen LogP contribution is 2.15. The molecule has 0 bridgehead atoms. The average Bonchev–Trinajstić information content (AvgIpc) is 2.53. The molecule has 0 N–H and O–H groups in total. The van der Waals surface area contributed by atoms with Crippen molar-refractivity contribution in [3.8, 4) is 0 Å². The van der Waals surface area contributed by atoms with Crippen LogP contribution in [0.25, 0.3) is 0 Å². The second-order valence-electron chi connectivity index (χ2n) is 5.76. The Morgan fingerprint density at radius 3 is 2.48 bits per heavy atom. The third-order valence-corrected chi connectivity index (χ3v) is 4.23. The third-order valence-electron chi connectivity index (χ3n) is 4.23. The summed E-state index contributed by atoms with van der Waals surface area (Å²) < 4.78 is 0. The molecular weight excluding hydrogens is 260 g/mol. The van der Waals surface area contributed by atoms with Crippen molar-refractivity contribution in [2.45, 2.75) is 20.4 Å². The van der Waals surface area contributed by atoms with Gasteiger partial charge in [-0.15, -0.1) is 5.10 Å². The minimum absolute atomic E-state index is 0.989. The van der Waals surface area contributed by atoms with Crippen molar-refractivity contribution in [1.29, 1.82) is 0 Å². The molecule has 21 heavy (non-hydrogen) atoms. The Morgan fingerprint density at radius 1 is 1.00 bits per heavy atom. The summed E-state index contributed by atoms with van der Waals surface area (Å²) in [6, 6.07) is 10.8. The van der Waals surface area contributed by atoms with Crippen molar-refractivity contribution in [3.05, 3.63) is 53.2 Å². The molecule has 0 radical (unpaired) electrons. The molecule has 1 aliphatic heterocycles. The van der Waals surface area contributed by atoms with Gasteiger partial charge >= 0.3 is 0 Å². The highest BCUT2D eigenvalue weighted by molar-refractivity contribution is 5.37. The first kappa shape index (κ1) is 14.0. The van der Waals surface area contributed by atoms with Gasteiger partial charge in [0.15, 0.2) is 5.82 Å². The number of hydrogen-bond acceptors (Lipinski definition) is 4. The molecule has 110 valence electrons. The summed E-state index contributed by atoms with van der Waals surface area (Å²) in [5.74, 6) is 0.989. The first-order chi connectivity index (χ1) is 10.2. The van der Waals surface area contributed by atoms with Crippen molar-refractivity contribution in [2.75, 3.05) is 31.1 Å². The zero-order valence-corrected chi connectivity index (χ0v) is 12.8. The normalized spacial score (nSPS) is 16.2. The van der Waals surface area contributed by atoms with E-state index in [-0.39, 0.29) is 0 Å². The van der Waals surface area contributed by atoms with Gasteiger partial charge in [-0.3, -0.25) is 4.90 Å². The van der Waals surface area contributed by atoms with E-state index in [0.29, 0.717) is 0 Å². The van der Waals surface area contributed by atoms with Crippen molar-refractivity contribution in [1.82, 2.24) is 15.1 Å². The minimum atomic E-state index is 0.989. The van der Waals surface area contributed by atoms with E-state index in [1.54, 1.807) is 6.20 Å². The fourth-order valence-electron chi connectivity index (χ4n) is 2.76. The highest BCUT2D eigenvalue weighted by atomic mass is 15.3. The molecule has 1 saturated heterocycles. The average molecular weight is 282 g/mol. The Balaban J connectivity index is 1.57. The maximum Gasteiger partial charge on any atom is 0.151 e. The largest absolute Gasteiger partial charge is 0.353 e. The van der Waals surface area contributed by atoms with Crippen LogP contribution in [0.15, 0.2) is 36.5 Å². The summed E-state index contributed by atoms with van der Waals surface area (Å²) in [5.41, 5.74) is 4.16. The highest BCUT2D eigenvalue weighted by Gasteiger charge is 2.18. The molecule has 1 aromatic heterocycles. The molecule has 0 spiro atoms. The van der Waals surface area contributed by atoms with Crippen molar-refractivity contribution < 1.29 is 0 Å². The van der Waals surface area contributed by atoms with Crippen LogP contribution in [0.5, 0.6) is 0 Å². The SMILES string of the molecule is Cc1ccc(CN2CCN(c3cccnn3)CC2)cc1C. The van der Waals surface area contributed by atoms with Gasteiger partial charge in [-0.1, -0.05) is 18.2 Å². The summed E-state index contributed by atoms with van der Waals surface area (Å²) >= 11 is 0. The van der Waals surface area contributed by atoms with Crippen molar-refractivity contribution >= 4 is 5.82 Å². The second kappa shape index (κ2) is 6.22. The molecule has 4 heteroatoms. The van der Waals surface area contributed by atoms with E-state index in [0.717, 1.165) is 38.5 Å². The lowest BCUT2D eigenvalue weighted by atomic mass is 10.1. The van der Waals surface area contributed by atoms with Gasteiger partial charge < -0.3 is 4.90 Å². The zero-order chi connectivity index (χ0) is 14.7. The third kappa shape index (κ3) is 3.39. The van der Waals surface area contributed by atoms with Crippen LogP contribution in [0, 0.1) is 13.8 Å². The van der Waals surface area contributed by atoms with Gasteiger partial charge in [-0.2, -0.15) is 5.10 Å². The van der Waals surface area contributed by atoms with Crippen molar-refractivity contribution in [3.63, 3.8) is 0 Å². The molecule has 0 unspecified atom stereocenters. The summed E-state index contributed by atoms with van der Waals surface area (Å²) in [6.07, 6.45) is 1.72. The smallest absolute Gasteiger partial charge is 0.151 e. The predicted octanol–water partition coefficient (Wildman–Crippen LogP) is 2.42. The van der Waals surface area contributed by atoms with E-state index in [1.807, 2.05) is 12.1 Å². The number of anilines is 1. The van der Waals surface area contributed by atoms with Gasteiger partial charge in [0.1, 0.15) is 0 Å². The van der Waals surface area contributed by atoms with Crippen molar-refractivity contribution in [2.24, 2.45) is 0 Å². The number of rotatable bonds is 3. The van der Waals surface area contributed by atoms with E-state index < -0.39 is 0 Å². The fourth-order valence-corrected chi connectivity index (χ4v) is 2.76. The van der Waals surface area contributed by atoms with Crippen LogP contribution >= 0.6 is 0 Å². The lowest BCUT2D eigenvalue weighted by Crippen LogP contribution is -2.46. The molecule has 1 aromatic carbocycles. The van der Waals surface area contributed by atoms with Crippen LogP contribution in [0.1, 0.15) is 16.7 Å². The van der Waals surface area contributed by atoms with Gasteiger partial charge in [0.05, 0.1) is 0 Å². The topological polar surface area (TPSA) is 32.3 Å². The van der Waals surface area contributed by atoms with E-state index in [2.05, 4.69) is 52.0 Å². The molecule has 0 saturated carbocycles. The predicted molar refractivity (Wildman–Crippen MR) is 85.4 cm³/mol. The summed E-state index contributed by atoms with van der Waals surface area (Å²) in [4.78, 5) is 4.82. The van der Waals surface area contributed by atoms with Crippen LogP contribution in [0.4, 0.5) is 5.82 Å². The number of hydrogen-bond donors (Lipinski definition) is 0. The Kier molecular flexibility index (Phi) is 4.15. The molecular formula is C17H22N4. The molecule has 0 atom stereocenters. The number of nitrogens with zero attached hydrogens (tertiary/aromatic N) is 4. The van der Waals surface area contributed by atoms with E-state index in [1.165, 1.54) is 16.7 Å². The second-order valence-corrected chi connectivity index (χ2v) is 5.76. The fraction of sp³-hybridized carbons (Fsp3) is 0.412. The Hall–Kier alpha value is -1.94. The van der Waals surface area contributed by atoms with E-state index in [9.17, 15) is 0 Å².